The molecule has 5 rings (SSSR count). The molecule has 1 aliphatic carbocycles. The minimum atomic E-state index is -0.198. The second kappa shape index (κ2) is 6.03. The molecule has 0 N–H and O–H groups in total. The fourth-order valence-corrected chi connectivity index (χ4v) is 3.93. The highest BCUT2D eigenvalue weighted by Crippen LogP contribution is 2.30. The zero-order valence-corrected chi connectivity index (χ0v) is 14.3. The molecule has 0 unspecified atom stereocenters. The van der Waals surface area contributed by atoms with Crippen molar-refractivity contribution in [1.82, 2.24) is 0 Å². The fraction of sp³-hybridized carbons (Fsp3) is 0.174. The van der Waals surface area contributed by atoms with Crippen molar-refractivity contribution in [3.8, 4) is 5.75 Å². The molecule has 1 heterocycles. The predicted octanol–water partition coefficient (Wildman–Crippen LogP) is 5.01. The molecule has 0 spiro atoms. The third kappa shape index (κ3) is 2.48. The lowest BCUT2D eigenvalue weighted by molar-refractivity contribution is 0.307. The molecule has 0 fully saturated rings. The van der Waals surface area contributed by atoms with E-state index in [-0.39, 0.29) is 5.63 Å². The summed E-state index contributed by atoms with van der Waals surface area (Å²) in [6.45, 7) is 0.474. The van der Waals surface area contributed by atoms with E-state index in [1.807, 2.05) is 36.4 Å². The van der Waals surface area contributed by atoms with E-state index in [0.29, 0.717) is 17.9 Å². The molecule has 1 aliphatic rings. The van der Waals surface area contributed by atoms with Gasteiger partial charge in [-0.15, -0.1) is 0 Å². The van der Waals surface area contributed by atoms with Gasteiger partial charge in [-0.25, -0.2) is 4.79 Å². The number of hydrogen-bond donors (Lipinski definition) is 0. The highest BCUT2D eigenvalue weighted by molar-refractivity contribution is 5.85. The maximum Gasteiger partial charge on any atom is 0.339 e. The third-order valence-electron chi connectivity index (χ3n) is 5.22. The molecule has 128 valence electrons. The van der Waals surface area contributed by atoms with Gasteiger partial charge in [0.05, 0.1) is 0 Å². The monoisotopic (exact) mass is 342 g/mol. The first-order valence-electron chi connectivity index (χ1n) is 8.98. The average molecular weight is 342 g/mol. The molecule has 1 aromatic heterocycles. The molecular formula is C23H18O3. The van der Waals surface area contributed by atoms with Crippen LogP contribution in [-0.2, 0) is 19.4 Å². The SMILES string of the molecule is O=c1oc2cc(OCc3cccc4ccccc34)ccc2c2c1CCC2. The Labute approximate surface area is 150 Å². The van der Waals surface area contributed by atoms with Crippen LogP contribution < -0.4 is 10.4 Å². The van der Waals surface area contributed by atoms with Crippen LogP contribution in [0.1, 0.15) is 23.1 Å². The summed E-state index contributed by atoms with van der Waals surface area (Å²) in [5.41, 5.74) is 3.56. The van der Waals surface area contributed by atoms with Gasteiger partial charge in [0.1, 0.15) is 17.9 Å². The first-order chi connectivity index (χ1) is 12.8. The van der Waals surface area contributed by atoms with E-state index < -0.39 is 0 Å². The summed E-state index contributed by atoms with van der Waals surface area (Å²) in [4.78, 5) is 12.2. The van der Waals surface area contributed by atoms with Gasteiger partial charge in [-0.1, -0.05) is 42.5 Å². The van der Waals surface area contributed by atoms with Gasteiger partial charge in [0.25, 0.3) is 0 Å². The smallest absolute Gasteiger partial charge is 0.339 e. The quantitative estimate of drug-likeness (QED) is 0.491. The Balaban J connectivity index is 1.48. The van der Waals surface area contributed by atoms with E-state index in [0.717, 1.165) is 41.3 Å². The highest BCUT2D eigenvalue weighted by Gasteiger charge is 2.19. The molecule has 3 aromatic carbocycles. The third-order valence-corrected chi connectivity index (χ3v) is 5.22. The topological polar surface area (TPSA) is 39.4 Å². The van der Waals surface area contributed by atoms with Gasteiger partial charge in [-0.2, -0.15) is 0 Å². The van der Waals surface area contributed by atoms with Crippen molar-refractivity contribution in [2.24, 2.45) is 0 Å². The fourth-order valence-electron chi connectivity index (χ4n) is 3.93. The first-order valence-corrected chi connectivity index (χ1v) is 8.98. The summed E-state index contributed by atoms with van der Waals surface area (Å²) in [6.07, 6.45) is 2.80. The van der Waals surface area contributed by atoms with Crippen molar-refractivity contribution < 1.29 is 9.15 Å². The lowest BCUT2D eigenvalue weighted by Gasteiger charge is -2.10. The molecule has 3 heteroatoms. The second-order valence-corrected chi connectivity index (χ2v) is 6.79. The summed E-state index contributed by atoms with van der Waals surface area (Å²) in [7, 11) is 0. The van der Waals surface area contributed by atoms with Gasteiger partial charge in [0.2, 0.25) is 0 Å². The Kier molecular flexibility index (Phi) is 3.52. The summed E-state index contributed by atoms with van der Waals surface area (Å²) in [5.74, 6) is 0.714. The Hall–Kier alpha value is -3.07. The maximum atomic E-state index is 12.2. The molecule has 3 nitrogen and oxygen atoms in total. The average Bonchev–Trinajstić information content (AvgIpc) is 3.17. The number of rotatable bonds is 3. The van der Waals surface area contributed by atoms with Gasteiger partial charge >= 0.3 is 5.63 Å². The van der Waals surface area contributed by atoms with Gasteiger partial charge in [0, 0.05) is 17.0 Å². The maximum absolute atomic E-state index is 12.2. The Morgan fingerprint density at radius 3 is 2.69 bits per heavy atom. The summed E-state index contributed by atoms with van der Waals surface area (Å²) >= 11 is 0. The van der Waals surface area contributed by atoms with E-state index in [1.165, 1.54) is 10.8 Å². The summed E-state index contributed by atoms with van der Waals surface area (Å²) in [5, 5.41) is 3.43. The number of hydrogen-bond acceptors (Lipinski definition) is 3. The zero-order chi connectivity index (χ0) is 17.5. The Bertz CT molecular complexity index is 1180. The van der Waals surface area contributed by atoms with E-state index in [1.54, 1.807) is 0 Å². The number of fused-ring (bicyclic) bond motifs is 4. The Morgan fingerprint density at radius 1 is 0.885 bits per heavy atom. The summed E-state index contributed by atoms with van der Waals surface area (Å²) < 4.78 is 11.5. The standard InChI is InChI=1S/C23H18O3/c24-23-21-10-4-9-19(21)20-12-11-17(13-22(20)26-23)25-14-16-7-3-6-15-5-1-2-8-18(15)16/h1-3,5-8,11-13H,4,9-10,14H2. The zero-order valence-electron chi connectivity index (χ0n) is 14.3. The molecule has 0 radical (unpaired) electrons. The second-order valence-electron chi connectivity index (χ2n) is 6.79. The molecule has 0 atom stereocenters. The Morgan fingerprint density at radius 2 is 1.73 bits per heavy atom. The van der Waals surface area contributed by atoms with Crippen LogP contribution in [0.15, 0.2) is 69.9 Å². The van der Waals surface area contributed by atoms with E-state index in [4.69, 9.17) is 9.15 Å². The number of benzene rings is 3. The number of aryl methyl sites for hydroxylation is 1. The van der Waals surface area contributed by atoms with Crippen LogP contribution in [0.3, 0.4) is 0 Å². The molecular weight excluding hydrogens is 324 g/mol. The molecule has 0 aliphatic heterocycles. The van der Waals surface area contributed by atoms with Crippen molar-refractivity contribution in [3.05, 3.63) is 87.8 Å². The van der Waals surface area contributed by atoms with Gasteiger partial charge in [0.15, 0.2) is 0 Å². The van der Waals surface area contributed by atoms with Gasteiger partial charge in [-0.3, -0.25) is 0 Å². The van der Waals surface area contributed by atoms with Crippen molar-refractivity contribution in [3.63, 3.8) is 0 Å². The van der Waals surface area contributed by atoms with Crippen LogP contribution in [-0.4, -0.2) is 0 Å². The lowest BCUT2D eigenvalue weighted by atomic mass is 10.1. The van der Waals surface area contributed by atoms with E-state index >= 15 is 0 Å². The predicted molar refractivity (Wildman–Crippen MR) is 103 cm³/mol. The van der Waals surface area contributed by atoms with Crippen LogP contribution >= 0.6 is 0 Å². The van der Waals surface area contributed by atoms with E-state index in [2.05, 4.69) is 24.3 Å². The molecule has 0 saturated heterocycles. The number of ether oxygens (including phenoxy) is 1. The molecule has 4 aromatic rings. The van der Waals surface area contributed by atoms with Crippen molar-refractivity contribution in [1.29, 1.82) is 0 Å². The lowest BCUT2D eigenvalue weighted by Crippen LogP contribution is -2.07. The van der Waals surface area contributed by atoms with Crippen LogP contribution in [0.5, 0.6) is 5.75 Å². The minimum Gasteiger partial charge on any atom is -0.489 e. The van der Waals surface area contributed by atoms with Gasteiger partial charge < -0.3 is 9.15 Å². The van der Waals surface area contributed by atoms with Crippen molar-refractivity contribution in [2.45, 2.75) is 25.9 Å². The first kappa shape index (κ1) is 15.2. The van der Waals surface area contributed by atoms with Crippen molar-refractivity contribution >= 4 is 21.7 Å². The minimum absolute atomic E-state index is 0.198. The molecule has 0 saturated carbocycles. The van der Waals surface area contributed by atoms with Crippen LogP contribution in [0.25, 0.3) is 21.7 Å². The van der Waals surface area contributed by atoms with Gasteiger partial charge in [-0.05, 0) is 53.3 Å². The van der Waals surface area contributed by atoms with E-state index in [9.17, 15) is 4.79 Å². The summed E-state index contributed by atoms with van der Waals surface area (Å²) in [6, 6.07) is 20.3. The molecule has 0 bridgehead atoms. The van der Waals surface area contributed by atoms with Crippen LogP contribution in [0, 0.1) is 0 Å². The van der Waals surface area contributed by atoms with Crippen molar-refractivity contribution in [2.75, 3.05) is 0 Å². The van der Waals surface area contributed by atoms with Crippen LogP contribution in [0.4, 0.5) is 0 Å². The largest absolute Gasteiger partial charge is 0.489 e. The molecule has 0 amide bonds. The molecule has 26 heavy (non-hydrogen) atoms. The van der Waals surface area contributed by atoms with Crippen LogP contribution in [0.2, 0.25) is 0 Å². The highest BCUT2D eigenvalue weighted by atomic mass is 16.5. The normalized spacial score (nSPS) is 13.2.